The van der Waals surface area contributed by atoms with Crippen LogP contribution in [0, 0.1) is 5.82 Å². The normalized spacial score (nSPS) is 10.6. The Morgan fingerprint density at radius 2 is 2.00 bits per heavy atom. The van der Waals surface area contributed by atoms with E-state index in [0.717, 1.165) is 18.5 Å². The van der Waals surface area contributed by atoms with Crippen LogP contribution in [-0.4, -0.2) is 52.8 Å². The van der Waals surface area contributed by atoms with Crippen molar-refractivity contribution in [3.63, 3.8) is 0 Å². The van der Waals surface area contributed by atoms with Crippen LogP contribution in [0.4, 0.5) is 15.2 Å². The number of nitrogen functional groups attached to an aromatic ring is 1. The molecular weight excluding hydrogens is 503 g/mol. The third kappa shape index (κ3) is 8.63. The van der Waals surface area contributed by atoms with Gasteiger partial charge < -0.3 is 15.4 Å². The molecule has 4 rings (SSSR count). The van der Waals surface area contributed by atoms with E-state index in [1.165, 1.54) is 23.5 Å². The molecule has 0 radical (unpaired) electrons. The number of amides is 1. The summed E-state index contributed by atoms with van der Waals surface area (Å²) < 4.78 is 19.8. The van der Waals surface area contributed by atoms with E-state index in [0.29, 0.717) is 34.9 Å². The molecule has 0 bridgehead atoms. The largest absolute Gasteiger partial charge is 0.477 e. The molecular formula is C25H28ClFN6O2S. The molecule has 0 unspecified atom stereocenters. The zero-order chi connectivity index (χ0) is 25.9. The van der Waals surface area contributed by atoms with E-state index in [9.17, 15) is 9.18 Å². The third-order valence-corrected chi connectivity index (χ3v) is 5.70. The smallest absolute Gasteiger partial charge is 0.275 e. The maximum Gasteiger partial charge on any atom is 0.275 e. The molecule has 0 saturated heterocycles. The van der Waals surface area contributed by atoms with E-state index in [1.54, 1.807) is 23.0 Å². The Morgan fingerprint density at radius 3 is 2.64 bits per heavy atom. The van der Waals surface area contributed by atoms with E-state index in [1.807, 2.05) is 49.8 Å². The Hall–Kier alpha value is -3.47. The van der Waals surface area contributed by atoms with Gasteiger partial charge in [0.25, 0.3) is 5.91 Å². The van der Waals surface area contributed by atoms with Gasteiger partial charge in [-0.3, -0.25) is 14.8 Å². The molecule has 2 heterocycles. The number of halogens is 2. The van der Waals surface area contributed by atoms with Crippen molar-refractivity contribution in [3.8, 4) is 5.88 Å². The van der Waals surface area contributed by atoms with Crippen LogP contribution in [0.2, 0.25) is 5.02 Å². The van der Waals surface area contributed by atoms with E-state index in [-0.39, 0.29) is 11.6 Å². The molecule has 0 atom stereocenters. The average molecular weight is 531 g/mol. The van der Waals surface area contributed by atoms with Crippen molar-refractivity contribution < 1.29 is 13.9 Å². The Morgan fingerprint density at radius 1 is 1.22 bits per heavy atom. The van der Waals surface area contributed by atoms with Gasteiger partial charge in [-0.25, -0.2) is 9.37 Å². The maximum absolute atomic E-state index is 12.7. The van der Waals surface area contributed by atoms with Crippen LogP contribution in [0.5, 0.6) is 5.88 Å². The van der Waals surface area contributed by atoms with Gasteiger partial charge in [0.1, 0.15) is 11.5 Å². The summed E-state index contributed by atoms with van der Waals surface area (Å²) in [4.78, 5) is 18.9. The topological polar surface area (TPSA) is 98.3 Å². The summed E-state index contributed by atoms with van der Waals surface area (Å²) in [6, 6.07) is 15.7. The predicted octanol–water partition coefficient (Wildman–Crippen LogP) is 5.03. The number of anilines is 2. The van der Waals surface area contributed by atoms with Gasteiger partial charge in [0.05, 0.1) is 18.8 Å². The monoisotopic (exact) mass is 530 g/mol. The number of rotatable bonds is 9. The van der Waals surface area contributed by atoms with Gasteiger partial charge in [-0.15, -0.1) is 16.4 Å². The lowest BCUT2D eigenvalue weighted by Gasteiger charge is -2.08. The van der Waals surface area contributed by atoms with Crippen molar-refractivity contribution in [2.75, 3.05) is 38.3 Å². The van der Waals surface area contributed by atoms with E-state index >= 15 is 0 Å². The summed E-state index contributed by atoms with van der Waals surface area (Å²) in [5, 5.41) is 10.0. The predicted molar refractivity (Wildman–Crippen MR) is 142 cm³/mol. The van der Waals surface area contributed by atoms with Gasteiger partial charge in [-0.05, 0) is 44.3 Å². The molecule has 1 amide bonds. The fourth-order valence-corrected chi connectivity index (χ4v) is 3.71. The Balaban J connectivity index is 0.000000338. The van der Waals surface area contributed by atoms with Gasteiger partial charge in [0.15, 0.2) is 5.13 Å². The van der Waals surface area contributed by atoms with Crippen LogP contribution in [0.1, 0.15) is 22.5 Å². The summed E-state index contributed by atoms with van der Waals surface area (Å²) in [5.74, 6) is -0.270. The minimum Gasteiger partial charge on any atom is -0.477 e. The number of hydrogen-bond acceptors (Lipinski definition) is 7. The van der Waals surface area contributed by atoms with Crippen molar-refractivity contribution in [1.29, 1.82) is 0 Å². The number of benzene rings is 2. The number of hydrogen-bond donors (Lipinski definition) is 2. The maximum atomic E-state index is 12.7. The lowest BCUT2D eigenvalue weighted by molar-refractivity contribution is 0.101. The zero-order valence-electron chi connectivity index (χ0n) is 20.0. The Bertz CT molecular complexity index is 1230. The fraction of sp³-hybridized carbons (Fsp3) is 0.240. The number of aromatic nitrogens is 3. The molecule has 2 aromatic carbocycles. The fourth-order valence-electron chi connectivity index (χ4n) is 3.03. The van der Waals surface area contributed by atoms with Crippen LogP contribution in [0.3, 0.4) is 0 Å². The van der Waals surface area contributed by atoms with E-state index in [2.05, 4.69) is 20.3 Å². The van der Waals surface area contributed by atoms with Crippen LogP contribution < -0.4 is 15.8 Å². The highest BCUT2D eigenvalue weighted by Gasteiger charge is 2.17. The molecule has 0 saturated carbocycles. The van der Waals surface area contributed by atoms with Gasteiger partial charge in [-0.1, -0.05) is 41.9 Å². The van der Waals surface area contributed by atoms with Crippen molar-refractivity contribution in [1.82, 2.24) is 19.7 Å². The summed E-state index contributed by atoms with van der Waals surface area (Å²) >= 11 is 6.79. The van der Waals surface area contributed by atoms with Crippen molar-refractivity contribution in [3.05, 3.63) is 88.3 Å². The van der Waals surface area contributed by atoms with E-state index < -0.39 is 5.82 Å². The summed E-state index contributed by atoms with van der Waals surface area (Å²) in [7, 11) is 4.05. The molecule has 0 spiro atoms. The highest BCUT2D eigenvalue weighted by atomic mass is 35.5. The molecule has 4 aromatic rings. The van der Waals surface area contributed by atoms with Gasteiger partial charge >= 0.3 is 0 Å². The quantitative estimate of drug-likeness (QED) is 0.232. The number of carbonyl (C=O) groups excluding carboxylic acids is 1. The Labute approximate surface area is 218 Å². The SMILES string of the molecule is CN(C)CCCOc1cc(C(=O)Nc2nccs2)n(Cc2ccccc2)n1.Nc1ccc(Cl)cc1F. The number of nitrogens with zero attached hydrogens (tertiary/aromatic N) is 4. The van der Waals surface area contributed by atoms with Crippen molar-refractivity contribution >= 4 is 39.7 Å². The number of nitrogens with two attached hydrogens (primary N) is 1. The number of thiazole rings is 1. The molecule has 0 aliphatic heterocycles. The summed E-state index contributed by atoms with van der Waals surface area (Å²) in [6.45, 7) is 1.97. The molecule has 11 heteroatoms. The molecule has 2 aromatic heterocycles. The lowest BCUT2D eigenvalue weighted by Crippen LogP contribution is -2.18. The second kappa shape index (κ2) is 13.6. The zero-order valence-corrected chi connectivity index (χ0v) is 21.6. The Kier molecular flexibility index (Phi) is 10.2. The van der Waals surface area contributed by atoms with Gasteiger partial charge in [-0.2, -0.15) is 0 Å². The lowest BCUT2D eigenvalue weighted by atomic mass is 10.2. The highest BCUT2D eigenvalue weighted by Crippen LogP contribution is 2.18. The standard InChI is InChI=1S/C19H23N5O2S.C6H5ClFN/c1-23(2)10-6-11-26-17-13-16(18(25)21-19-20-9-12-27-19)24(22-17)14-15-7-4-3-5-8-15;7-4-1-2-6(9)5(8)3-4/h3-5,7-9,12-13H,6,10-11,14H2,1-2H3,(H,20,21,25);1-3H,9H2. The molecule has 0 fully saturated rings. The van der Waals surface area contributed by atoms with Crippen molar-refractivity contribution in [2.45, 2.75) is 13.0 Å². The third-order valence-electron chi connectivity index (χ3n) is 4.78. The van der Waals surface area contributed by atoms with Crippen LogP contribution in [-0.2, 0) is 6.54 Å². The van der Waals surface area contributed by atoms with Gasteiger partial charge in [0.2, 0.25) is 5.88 Å². The molecule has 3 N–H and O–H groups in total. The van der Waals surface area contributed by atoms with Crippen LogP contribution >= 0.6 is 22.9 Å². The first-order chi connectivity index (χ1) is 17.3. The molecule has 36 heavy (non-hydrogen) atoms. The summed E-state index contributed by atoms with van der Waals surface area (Å²) in [6.07, 6.45) is 2.54. The number of carbonyl (C=O) groups is 1. The average Bonchev–Trinajstić information content (AvgIpc) is 3.50. The number of nitrogens with one attached hydrogen (secondary N) is 1. The molecule has 8 nitrogen and oxygen atoms in total. The van der Waals surface area contributed by atoms with Crippen molar-refractivity contribution in [2.24, 2.45) is 0 Å². The minimum atomic E-state index is -0.470. The first-order valence-corrected chi connectivity index (χ1v) is 12.4. The number of ether oxygens (including phenoxy) is 1. The molecule has 0 aliphatic carbocycles. The van der Waals surface area contributed by atoms with Gasteiger partial charge in [0, 0.05) is 29.2 Å². The second-order valence-electron chi connectivity index (χ2n) is 7.97. The molecule has 0 aliphatic rings. The first-order valence-electron chi connectivity index (χ1n) is 11.1. The molecule has 190 valence electrons. The second-order valence-corrected chi connectivity index (χ2v) is 9.30. The van der Waals surface area contributed by atoms with Crippen LogP contribution in [0.25, 0.3) is 0 Å². The minimum absolute atomic E-state index is 0.124. The highest BCUT2D eigenvalue weighted by molar-refractivity contribution is 7.13. The summed E-state index contributed by atoms with van der Waals surface area (Å²) in [5.41, 5.74) is 6.78. The first kappa shape index (κ1) is 27.1. The van der Waals surface area contributed by atoms with E-state index in [4.69, 9.17) is 22.1 Å². The van der Waals surface area contributed by atoms with Crippen LogP contribution in [0.15, 0.2) is 66.2 Å².